The Labute approximate surface area is 299 Å². The molecule has 2 aliphatic rings. The van der Waals surface area contributed by atoms with Gasteiger partial charge in [0.05, 0.1) is 6.10 Å². The van der Waals surface area contributed by atoms with Crippen LogP contribution in [0.25, 0.3) is 28.4 Å². The zero-order valence-electron chi connectivity index (χ0n) is 27.7. The summed E-state index contributed by atoms with van der Waals surface area (Å²) in [6.07, 6.45) is -14.7. The highest BCUT2D eigenvalue weighted by Crippen LogP contribution is 2.38. The third-order valence-corrected chi connectivity index (χ3v) is 8.72. The number of phenolic OH excluding ortho intramolecular Hbond substituents is 4. The number of fused-ring (bicyclic) bond motifs is 1. The van der Waals surface area contributed by atoms with Crippen molar-refractivity contribution in [3.63, 3.8) is 0 Å². The minimum Gasteiger partial charge on any atom is -0.508 e. The number of aliphatic hydroxyl groups is 5. The fraction of sp³-hybridized carbons (Fsp3) is 0.333. The topological polar surface area (TPSA) is 275 Å². The van der Waals surface area contributed by atoms with Crippen LogP contribution in [0.2, 0.25) is 0 Å². The van der Waals surface area contributed by atoms with E-state index in [0.717, 1.165) is 18.2 Å². The molecule has 3 aromatic carbocycles. The molecule has 0 aliphatic carbocycles. The number of hydrogen-bond acceptors (Lipinski definition) is 17. The quantitative estimate of drug-likeness (QED) is 0.0838. The third-order valence-electron chi connectivity index (χ3n) is 8.72. The average molecular weight is 741 g/mol. The maximum absolute atomic E-state index is 14.0. The second-order valence-corrected chi connectivity index (χ2v) is 12.5. The van der Waals surface area contributed by atoms with Gasteiger partial charge in [-0.15, -0.1) is 0 Å². The smallest absolute Gasteiger partial charge is 0.330 e. The Kier molecular flexibility index (Phi) is 10.9. The van der Waals surface area contributed by atoms with E-state index in [9.17, 15) is 55.5 Å². The number of phenols is 4. The maximum atomic E-state index is 14.0. The Balaban J connectivity index is 1.35. The molecule has 6 rings (SSSR count). The molecule has 0 spiro atoms. The average Bonchev–Trinajstić information content (AvgIpc) is 3.12. The van der Waals surface area contributed by atoms with Crippen LogP contribution >= 0.6 is 0 Å². The molecule has 282 valence electrons. The van der Waals surface area contributed by atoms with Gasteiger partial charge < -0.3 is 74.1 Å². The van der Waals surface area contributed by atoms with Crippen molar-refractivity contribution >= 4 is 23.0 Å². The van der Waals surface area contributed by atoms with Gasteiger partial charge in [-0.3, -0.25) is 4.79 Å². The SMILES string of the molecule is C[C@@H]1O[C@@H](O[C@H]2[C@H](Oc3c(-c4ccc(O)cc4)oc4cc(O)cc(O)c4c3=O)O[C@H](COC(=O)/C=C/c3ccc(O)cc3)[C@@H](O)[C@@H]2O)[C@H](O)[C@H](O)[C@H]1O. The number of carbonyl (C=O) groups excluding carboxylic acids is 1. The van der Waals surface area contributed by atoms with Gasteiger partial charge in [0, 0.05) is 23.8 Å². The Bertz CT molecular complexity index is 2010. The van der Waals surface area contributed by atoms with Crippen LogP contribution in [0, 0.1) is 0 Å². The normalized spacial score (nSPS) is 28.9. The molecule has 0 unspecified atom stereocenters. The summed E-state index contributed by atoms with van der Waals surface area (Å²) in [5.74, 6) is -3.08. The number of rotatable bonds is 9. The van der Waals surface area contributed by atoms with Crippen LogP contribution < -0.4 is 10.2 Å². The van der Waals surface area contributed by atoms with Crippen LogP contribution in [0.15, 0.2) is 76.0 Å². The number of esters is 1. The van der Waals surface area contributed by atoms with E-state index in [1.54, 1.807) is 0 Å². The summed E-state index contributed by atoms with van der Waals surface area (Å²) in [5, 5.41) is 93.3. The van der Waals surface area contributed by atoms with Crippen LogP contribution in [0.1, 0.15) is 12.5 Å². The summed E-state index contributed by atoms with van der Waals surface area (Å²) < 4.78 is 34.5. The van der Waals surface area contributed by atoms with Crippen LogP contribution in [-0.4, -0.2) is 120 Å². The summed E-state index contributed by atoms with van der Waals surface area (Å²) in [5.41, 5.74) is -0.563. The number of ether oxygens (including phenoxy) is 5. The van der Waals surface area contributed by atoms with Crippen molar-refractivity contribution in [3.05, 3.63) is 82.5 Å². The first-order valence-corrected chi connectivity index (χ1v) is 16.2. The minimum absolute atomic E-state index is 0.0198. The number of carbonyl (C=O) groups is 1. The summed E-state index contributed by atoms with van der Waals surface area (Å²) in [4.78, 5) is 26.6. The molecule has 9 N–H and O–H groups in total. The van der Waals surface area contributed by atoms with Crippen LogP contribution in [-0.2, 0) is 23.7 Å². The predicted molar refractivity (Wildman–Crippen MR) is 180 cm³/mol. The molecule has 10 atom stereocenters. The Morgan fingerprint density at radius 2 is 1.43 bits per heavy atom. The van der Waals surface area contributed by atoms with Gasteiger partial charge in [0.15, 0.2) is 18.2 Å². The summed E-state index contributed by atoms with van der Waals surface area (Å²) >= 11 is 0. The fourth-order valence-corrected chi connectivity index (χ4v) is 5.82. The highest BCUT2D eigenvalue weighted by Gasteiger charge is 2.51. The fourth-order valence-electron chi connectivity index (χ4n) is 5.82. The van der Waals surface area contributed by atoms with E-state index in [4.69, 9.17) is 28.1 Å². The summed E-state index contributed by atoms with van der Waals surface area (Å²) in [7, 11) is 0. The first-order valence-electron chi connectivity index (χ1n) is 16.2. The second kappa shape index (κ2) is 15.4. The van der Waals surface area contributed by atoms with Crippen LogP contribution in [0.4, 0.5) is 0 Å². The van der Waals surface area contributed by atoms with Gasteiger partial charge in [-0.1, -0.05) is 12.1 Å². The van der Waals surface area contributed by atoms with Crippen molar-refractivity contribution in [3.8, 4) is 40.1 Å². The van der Waals surface area contributed by atoms with Gasteiger partial charge in [-0.25, -0.2) is 4.79 Å². The van der Waals surface area contributed by atoms with E-state index in [2.05, 4.69) is 0 Å². The van der Waals surface area contributed by atoms with Crippen molar-refractivity contribution < 1.29 is 78.9 Å². The first kappa shape index (κ1) is 37.5. The van der Waals surface area contributed by atoms with Crippen molar-refractivity contribution in [1.82, 2.24) is 0 Å². The van der Waals surface area contributed by atoms with Gasteiger partial charge in [-0.2, -0.15) is 0 Å². The van der Waals surface area contributed by atoms with Gasteiger partial charge in [-0.05, 0) is 55.0 Å². The van der Waals surface area contributed by atoms with Crippen molar-refractivity contribution in [1.29, 1.82) is 0 Å². The number of aliphatic hydroxyl groups excluding tert-OH is 5. The largest absolute Gasteiger partial charge is 0.508 e. The summed E-state index contributed by atoms with van der Waals surface area (Å²) in [6.45, 7) is 0.701. The molecule has 17 nitrogen and oxygen atoms in total. The Morgan fingerprint density at radius 3 is 2.11 bits per heavy atom. The predicted octanol–water partition coefficient (Wildman–Crippen LogP) is 0.577. The molecule has 2 fully saturated rings. The molecule has 17 heteroatoms. The highest BCUT2D eigenvalue weighted by atomic mass is 16.8. The van der Waals surface area contributed by atoms with Gasteiger partial charge in [0.25, 0.3) is 0 Å². The summed E-state index contributed by atoms with van der Waals surface area (Å²) in [6, 6.07) is 13.1. The van der Waals surface area contributed by atoms with Crippen molar-refractivity contribution in [2.75, 3.05) is 6.61 Å². The molecule has 53 heavy (non-hydrogen) atoms. The van der Waals surface area contributed by atoms with Crippen molar-refractivity contribution in [2.24, 2.45) is 0 Å². The third kappa shape index (κ3) is 7.92. The molecule has 2 aliphatic heterocycles. The molecule has 2 saturated heterocycles. The zero-order valence-corrected chi connectivity index (χ0v) is 27.7. The first-order chi connectivity index (χ1) is 25.2. The van der Waals surface area contributed by atoms with Gasteiger partial charge in [0.1, 0.15) is 77.2 Å². The van der Waals surface area contributed by atoms with E-state index in [1.807, 2.05) is 0 Å². The van der Waals surface area contributed by atoms with Crippen molar-refractivity contribution in [2.45, 2.75) is 68.3 Å². The van der Waals surface area contributed by atoms with E-state index < -0.39 is 102 Å². The van der Waals surface area contributed by atoms with Crippen LogP contribution in [0.3, 0.4) is 0 Å². The Morgan fingerprint density at radius 1 is 0.774 bits per heavy atom. The van der Waals surface area contributed by atoms with E-state index in [0.29, 0.717) is 5.56 Å². The zero-order chi connectivity index (χ0) is 38.1. The second-order valence-electron chi connectivity index (χ2n) is 12.5. The molecule has 0 radical (unpaired) electrons. The molecule has 0 bridgehead atoms. The monoisotopic (exact) mass is 740 g/mol. The molecular weight excluding hydrogens is 704 g/mol. The lowest BCUT2D eigenvalue weighted by molar-refractivity contribution is -0.354. The number of aromatic hydroxyl groups is 4. The molecular formula is C36H36O17. The van der Waals surface area contributed by atoms with Crippen LogP contribution in [0.5, 0.6) is 28.7 Å². The number of benzene rings is 3. The van der Waals surface area contributed by atoms with Gasteiger partial charge in [0.2, 0.25) is 17.5 Å². The lowest BCUT2D eigenvalue weighted by Gasteiger charge is -2.45. The molecule has 3 heterocycles. The minimum atomic E-state index is -1.98. The molecule has 0 amide bonds. The standard InChI is InChI=1S/C36H36O17/c1-15-26(42)29(45)31(47)35(49-15)53-34-30(46)27(43)23(14-48-24(41)11-4-16-2-7-18(37)8-3-16)51-36(34)52-33-28(44)25-21(40)12-20(39)13-22(25)50-32(33)17-5-9-19(38)10-6-17/h2-13,15,23,26-27,29-31,34-40,42-43,45-47H,14H2,1H3/b11-4+/t15-,23+,26-,27+,29+,30-,31+,34+,35-,36-/m0/s1. The van der Waals surface area contributed by atoms with E-state index in [-0.39, 0.29) is 28.4 Å². The molecule has 0 saturated carbocycles. The van der Waals surface area contributed by atoms with Gasteiger partial charge >= 0.3 is 5.97 Å². The highest BCUT2D eigenvalue weighted by molar-refractivity contribution is 5.88. The van der Waals surface area contributed by atoms with E-state index in [1.165, 1.54) is 61.5 Å². The molecule has 1 aromatic heterocycles. The number of hydrogen-bond donors (Lipinski definition) is 9. The lowest BCUT2D eigenvalue weighted by atomic mass is 9.97. The maximum Gasteiger partial charge on any atom is 0.330 e. The Hall–Kier alpha value is -5.24. The lowest BCUT2D eigenvalue weighted by Crippen LogP contribution is -2.64. The van der Waals surface area contributed by atoms with E-state index >= 15 is 0 Å². The molecule has 4 aromatic rings.